The van der Waals surface area contributed by atoms with Crippen molar-refractivity contribution < 1.29 is 29.2 Å². The van der Waals surface area contributed by atoms with Crippen LogP contribution in [0.15, 0.2) is 109 Å². The maximum atomic E-state index is 11.1. The summed E-state index contributed by atoms with van der Waals surface area (Å²) in [6.45, 7) is 34.8. The Morgan fingerprint density at radius 1 is 0.422 bits per heavy atom. The van der Waals surface area contributed by atoms with Crippen molar-refractivity contribution >= 4 is 42.4 Å². The number of aryl methyl sites for hydroxylation is 2. The van der Waals surface area contributed by atoms with Crippen LogP contribution >= 0.6 is 0 Å². The lowest BCUT2D eigenvalue weighted by molar-refractivity contribution is 0.0615. The smallest absolute Gasteiger partial charge is 0.335 e. The minimum Gasteiger partial charge on any atom is -0.478 e. The van der Waals surface area contributed by atoms with E-state index in [9.17, 15) is 9.90 Å². The molecule has 0 fully saturated rings. The second-order valence-electron chi connectivity index (χ2n) is 27.5. The molecule has 0 spiro atoms. The van der Waals surface area contributed by atoms with Gasteiger partial charge in [-0.3, -0.25) is 0 Å². The molecule has 3 aliphatic rings. The number of ether oxygens (including phenoxy) is 3. The van der Waals surface area contributed by atoms with Crippen molar-refractivity contribution in [2.24, 2.45) is 0 Å². The number of carbonyl (C=O) groups is 1. The number of carboxylic acid groups (broad SMARTS) is 1. The van der Waals surface area contributed by atoms with Gasteiger partial charge in [-0.15, -0.1) is 0 Å². The van der Waals surface area contributed by atoms with Crippen LogP contribution in [0.5, 0.6) is 0 Å². The molecule has 6 heteroatoms. The number of aromatic carboxylic acids is 1. The van der Waals surface area contributed by atoms with E-state index in [0.29, 0.717) is 32.0 Å². The maximum Gasteiger partial charge on any atom is 0.335 e. The zero-order valence-corrected chi connectivity index (χ0v) is 52.7. The van der Waals surface area contributed by atoms with Crippen molar-refractivity contribution in [3.05, 3.63) is 209 Å². The highest BCUT2D eigenvalue weighted by atomic mass is 16.5. The summed E-state index contributed by atoms with van der Waals surface area (Å²) in [7, 11) is 3.46. The van der Waals surface area contributed by atoms with Crippen molar-refractivity contribution in [2.75, 3.05) is 27.4 Å². The second kappa shape index (κ2) is 27.3. The molecule has 0 saturated heterocycles. The Labute approximate surface area is 501 Å². The Kier molecular flexibility index (Phi) is 21.7. The topological polar surface area (TPSA) is 85.2 Å². The van der Waals surface area contributed by atoms with Crippen LogP contribution < -0.4 is 0 Å². The first-order chi connectivity index (χ1) is 38.6. The number of methoxy groups -OCH3 is 2. The molecule has 0 unspecified atom stereocenters. The summed E-state index contributed by atoms with van der Waals surface area (Å²) < 4.78 is 16.5. The zero-order chi connectivity index (χ0) is 59.8. The van der Waals surface area contributed by atoms with Crippen molar-refractivity contribution in [1.29, 1.82) is 0 Å². The highest BCUT2D eigenvalue weighted by molar-refractivity contribution is 5.88. The van der Waals surface area contributed by atoms with Gasteiger partial charge in [0.15, 0.2) is 0 Å². The van der Waals surface area contributed by atoms with E-state index < -0.39 is 5.97 Å². The van der Waals surface area contributed by atoms with E-state index in [4.69, 9.17) is 19.3 Å². The van der Waals surface area contributed by atoms with Gasteiger partial charge in [-0.25, -0.2) is 4.79 Å². The van der Waals surface area contributed by atoms with Gasteiger partial charge in [0.05, 0.1) is 38.6 Å². The molecular weight excluding hydrogens is 1020 g/mol. The molecule has 0 amide bonds. The van der Waals surface area contributed by atoms with Crippen molar-refractivity contribution in [2.45, 2.75) is 195 Å². The average molecular weight is 1120 g/mol. The summed E-state index contributed by atoms with van der Waals surface area (Å²) in [6, 6.07) is 38.2. The minimum atomic E-state index is -0.912. The first-order valence-electron chi connectivity index (χ1n) is 29.8. The lowest BCUT2D eigenvalue weighted by Gasteiger charge is -2.42. The van der Waals surface area contributed by atoms with Crippen molar-refractivity contribution in [1.82, 2.24) is 0 Å². The monoisotopic (exact) mass is 1120 g/mol. The van der Waals surface area contributed by atoms with Crippen molar-refractivity contribution in [3.63, 3.8) is 0 Å². The van der Waals surface area contributed by atoms with Crippen LogP contribution in [0.2, 0.25) is 0 Å². The van der Waals surface area contributed by atoms with Gasteiger partial charge in [-0.05, 0) is 180 Å². The number of benzene rings is 6. The van der Waals surface area contributed by atoms with Gasteiger partial charge < -0.3 is 24.4 Å². The largest absolute Gasteiger partial charge is 0.478 e. The van der Waals surface area contributed by atoms with E-state index in [-0.39, 0.29) is 46.5 Å². The molecule has 0 radical (unpaired) electrons. The Morgan fingerprint density at radius 3 is 1.04 bits per heavy atom. The van der Waals surface area contributed by atoms with Gasteiger partial charge in [0, 0.05) is 14.2 Å². The van der Waals surface area contributed by atoms with E-state index in [2.05, 4.69) is 212 Å². The van der Waals surface area contributed by atoms with Crippen LogP contribution in [0.3, 0.4) is 0 Å². The summed E-state index contributed by atoms with van der Waals surface area (Å²) in [4.78, 5) is 11.1. The predicted octanol–water partition coefficient (Wildman–Crippen LogP) is 19.4. The number of hydrogen-bond donors (Lipinski definition) is 2. The van der Waals surface area contributed by atoms with Crippen LogP contribution in [0.1, 0.15) is 234 Å². The maximum absolute atomic E-state index is 11.1. The molecule has 6 nitrogen and oxygen atoms in total. The average Bonchev–Trinajstić information content (AvgIpc) is 3.49. The van der Waals surface area contributed by atoms with E-state index in [1.54, 1.807) is 26.4 Å². The molecule has 0 atom stereocenters. The number of aliphatic hydroxyl groups excluding tert-OH is 1. The second-order valence-corrected chi connectivity index (χ2v) is 27.5. The molecule has 444 valence electrons. The van der Waals surface area contributed by atoms with E-state index >= 15 is 0 Å². The van der Waals surface area contributed by atoms with Gasteiger partial charge in [0.25, 0.3) is 0 Å². The zero-order valence-electron chi connectivity index (χ0n) is 52.7. The normalized spacial score (nSPS) is 17.5. The van der Waals surface area contributed by atoms with E-state index in [1.165, 1.54) is 104 Å². The van der Waals surface area contributed by atoms with Crippen LogP contribution in [0.25, 0.3) is 36.5 Å². The molecule has 9 rings (SSSR count). The third kappa shape index (κ3) is 16.4. The number of fused-ring (bicyclic) bond motifs is 3. The Hall–Kier alpha value is -6.15. The minimum absolute atomic E-state index is 0. The highest BCUT2D eigenvalue weighted by Crippen LogP contribution is 2.49. The molecule has 0 bridgehead atoms. The van der Waals surface area contributed by atoms with Gasteiger partial charge >= 0.3 is 5.97 Å². The summed E-state index contributed by atoms with van der Waals surface area (Å²) in [5.74, 6) is -0.912. The summed E-state index contributed by atoms with van der Waals surface area (Å²) in [5, 5.41) is 19.0. The molecule has 0 aliphatic heterocycles. The molecule has 6 aromatic carbocycles. The lowest BCUT2D eigenvalue weighted by Crippen LogP contribution is -2.34. The van der Waals surface area contributed by atoms with Gasteiger partial charge in [0.1, 0.15) is 0 Å². The Morgan fingerprint density at radius 2 is 0.723 bits per heavy atom. The Balaban J connectivity index is 0.000000200. The van der Waals surface area contributed by atoms with E-state index in [1.807, 2.05) is 18.2 Å². The molecule has 0 aromatic heterocycles. The predicted molar refractivity (Wildman–Crippen MR) is 353 cm³/mol. The van der Waals surface area contributed by atoms with E-state index in [0.717, 1.165) is 28.7 Å². The summed E-state index contributed by atoms with van der Waals surface area (Å²) >= 11 is 0. The fraction of sp³-hybridized carbons (Fsp3) is 0.442. The third-order valence-corrected chi connectivity index (χ3v) is 18.2. The van der Waals surface area contributed by atoms with Crippen LogP contribution in [-0.2, 0) is 66.5 Å². The molecular formula is C77H100O6. The fourth-order valence-corrected chi connectivity index (χ4v) is 12.0. The SMILES string of the molecule is C.COCCOCc1cc2c(cc1/C=C/c1ccc(C(=O)O)cc1)C(C)(C)CCC2(C)C.COCc1cc2c(cc1/C=C/c1ccc(C)cc1)C(C)(C)CCC2(C)C.Cc1ccc(/C=C/c2cc3c(cc2CO)C(C)(C)CCC3(C)C)cc1. The fourth-order valence-electron chi connectivity index (χ4n) is 12.0. The molecule has 83 heavy (non-hydrogen) atoms. The van der Waals surface area contributed by atoms with Gasteiger partial charge in [-0.2, -0.15) is 0 Å². The number of aliphatic hydroxyl groups is 1. The molecule has 0 saturated carbocycles. The van der Waals surface area contributed by atoms with Gasteiger partial charge in [0.2, 0.25) is 0 Å². The molecule has 2 N–H and O–H groups in total. The first-order valence-corrected chi connectivity index (χ1v) is 29.8. The number of hydrogen-bond acceptors (Lipinski definition) is 5. The Bertz CT molecular complexity index is 3250. The van der Waals surface area contributed by atoms with Crippen LogP contribution in [0, 0.1) is 13.8 Å². The molecule has 0 heterocycles. The van der Waals surface area contributed by atoms with Gasteiger partial charge in [-0.1, -0.05) is 235 Å². The third-order valence-electron chi connectivity index (χ3n) is 18.2. The standard InChI is InChI=1S/C27H34O4.C25H32O.C24H30O.CH4/c1-26(2)12-13-27(3,4)24-17-22(18-31-15-14-30-5)21(16-23(24)26)11-8-19-6-9-20(10-7-19)25(28)29;1-18-7-9-19(10-8-18)11-12-20-15-22-23(16-21(20)17-26-6)25(4,5)14-13-24(22,2)3;1-17-6-8-18(9-7-17)10-11-19-14-21-22(15-20(19)16-25)24(4,5)13-12-23(21,2)3;/h6-11,16-17H,12-15,18H2,1-5H3,(H,28,29);7-12,15-16H,13-14,17H2,1-6H3;6-11,14-15,25H,12-13,16H2,1-5H3;1H4/b11-8+;12-11+;11-10+;. The van der Waals surface area contributed by atoms with Crippen molar-refractivity contribution in [3.8, 4) is 0 Å². The molecule has 6 aromatic rings. The lowest BCUT2D eigenvalue weighted by atomic mass is 9.62. The molecule has 3 aliphatic carbocycles. The number of carboxylic acids is 1. The van der Waals surface area contributed by atoms with Crippen LogP contribution in [0.4, 0.5) is 0 Å². The highest BCUT2D eigenvalue weighted by Gasteiger charge is 2.40. The summed E-state index contributed by atoms with van der Waals surface area (Å²) in [5.41, 5.74) is 23.0. The van der Waals surface area contributed by atoms with Crippen LogP contribution in [-0.4, -0.2) is 43.6 Å². The first kappa shape index (κ1) is 66.0. The summed E-state index contributed by atoms with van der Waals surface area (Å²) in [6.07, 6.45) is 20.1. The quantitative estimate of drug-likeness (QED) is 0.0787. The number of rotatable bonds is 15.